The molecule has 0 radical (unpaired) electrons. The van der Waals surface area contributed by atoms with Crippen molar-refractivity contribution in [2.24, 2.45) is 7.05 Å². The van der Waals surface area contributed by atoms with Crippen LogP contribution in [0.15, 0.2) is 79.1 Å². The molecule has 5 aromatic rings. The van der Waals surface area contributed by atoms with Gasteiger partial charge in [-0.05, 0) is 55.8 Å². The molecule has 0 saturated carbocycles. The fourth-order valence-corrected chi connectivity index (χ4v) is 4.23. The van der Waals surface area contributed by atoms with E-state index in [2.05, 4.69) is 10.4 Å². The van der Waals surface area contributed by atoms with E-state index in [1.54, 1.807) is 43.6 Å². The molecular weight excluding hydrogens is 495 g/mol. The molecule has 3 heterocycles. The number of benzene rings is 2. The highest BCUT2D eigenvalue weighted by molar-refractivity contribution is 6.06. The molecular formula is C28H24F3N5O2. The summed E-state index contributed by atoms with van der Waals surface area (Å²) in [7, 11) is 1.60. The first-order valence-electron chi connectivity index (χ1n) is 11.7. The second-order valence-electron chi connectivity index (χ2n) is 9.46. The van der Waals surface area contributed by atoms with Crippen LogP contribution in [-0.4, -0.2) is 30.2 Å². The lowest BCUT2D eigenvalue weighted by atomic mass is 10.00. The molecule has 0 fully saturated rings. The number of hydrogen-bond acceptors (Lipinski definition) is 4. The molecule has 38 heavy (non-hydrogen) atoms. The van der Waals surface area contributed by atoms with Crippen LogP contribution in [0.25, 0.3) is 28.2 Å². The molecule has 0 unspecified atom stereocenters. The quantitative estimate of drug-likeness (QED) is 0.303. The van der Waals surface area contributed by atoms with E-state index in [-0.39, 0.29) is 16.8 Å². The number of nitrogens with zero attached hydrogens (tertiary/aromatic N) is 4. The fraction of sp³-hybridized carbons (Fsp3) is 0.179. The average Bonchev–Trinajstić information content (AvgIpc) is 3.46. The van der Waals surface area contributed by atoms with E-state index >= 15 is 0 Å². The Morgan fingerprint density at radius 3 is 2.34 bits per heavy atom. The Kier molecular flexibility index (Phi) is 6.07. The van der Waals surface area contributed by atoms with Crippen molar-refractivity contribution >= 4 is 17.4 Å². The Morgan fingerprint density at radius 1 is 0.974 bits per heavy atom. The van der Waals surface area contributed by atoms with Gasteiger partial charge in [-0.2, -0.15) is 18.3 Å². The first-order valence-corrected chi connectivity index (χ1v) is 11.7. The molecule has 2 aromatic carbocycles. The number of imidazole rings is 1. The summed E-state index contributed by atoms with van der Waals surface area (Å²) < 4.78 is 44.3. The Morgan fingerprint density at radius 2 is 1.71 bits per heavy atom. The van der Waals surface area contributed by atoms with Gasteiger partial charge in [-0.15, -0.1) is 0 Å². The first-order chi connectivity index (χ1) is 17.9. The van der Waals surface area contributed by atoms with Crippen molar-refractivity contribution in [3.8, 4) is 22.5 Å². The van der Waals surface area contributed by atoms with Crippen molar-refractivity contribution in [3.63, 3.8) is 0 Å². The number of fused-ring (bicyclic) bond motifs is 1. The lowest BCUT2D eigenvalue weighted by Crippen LogP contribution is -2.17. The molecule has 10 heteroatoms. The lowest BCUT2D eigenvalue weighted by Gasteiger charge is -2.17. The number of amides is 1. The molecule has 0 aliphatic carbocycles. The number of carbonyl (C=O) groups excluding carboxylic acids is 1. The van der Waals surface area contributed by atoms with Crippen molar-refractivity contribution in [3.05, 3.63) is 95.8 Å². The van der Waals surface area contributed by atoms with Crippen LogP contribution in [0, 0.1) is 0 Å². The number of rotatable bonds is 5. The van der Waals surface area contributed by atoms with Crippen LogP contribution in [-0.2, 0) is 18.8 Å². The maximum Gasteiger partial charge on any atom is 0.417 e. The topological polar surface area (TPSA) is 84.5 Å². The molecule has 194 valence electrons. The van der Waals surface area contributed by atoms with Crippen LogP contribution in [0.2, 0.25) is 0 Å². The van der Waals surface area contributed by atoms with E-state index in [0.717, 1.165) is 17.7 Å². The van der Waals surface area contributed by atoms with Gasteiger partial charge < -0.3 is 10.4 Å². The van der Waals surface area contributed by atoms with Gasteiger partial charge in [0.15, 0.2) is 0 Å². The number of anilines is 1. The van der Waals surface area contributed by atoms with Crippen molar-refractivity contribution in [1.29, 1.82) is 0 Å². The molecule has 5 rings (SSSR count). The maximum absolute atomic E-state index is 13.7. The van der Waals surface area contributed by atoms with Gasteiger partial charge in [0, 0.05) is 36.1 Å². The van der Waals surface area contributed by atoms with Crippen LogP contribution < -0.4 is 5.32 Å². The number of alkyl halides is 3. The minimum Gasteiger partial charge on any atom is -0.386 e. The zero-order valence-electron chi connectivity index (χ0n) is 20.8. The lowest BCUT2D eigenvalue weighted by molar-refractivity contribution is -0.137. The van der Waals surface area contributed by atoms with Crippen LogP contribution in [0.4, 0.5) is 19.0 Å². The highest BCUT2D eigenvalue weighted by Crippen LogP contribution is 2.37. The molecule has 0 atom stereocenters. The fourth-order valence-electron chi connectivity index (χ4n) is 4.23. The molecule has 7 nitrogen and oxygen atoms in total. The van der Waals surface area contributed by atoms with Crippen molar-refractivity contribution in [2.45, 2.75) is 25.6 Å². The monoisotopic (exact) mass is 519 g/mol. The van der Waals surface area contributed by atoms with Crippen molar-refractivity contribution < 1.29 is 23.1 Å². The zero-order valence-corrected chi connectivity index (χ0v) is 20.8. The molecule has 2 N–H and O–H groups in total. The van der Waals surface area contributed by atoms with Crippen molar-refractivity contribution in [2.75, 3.05) is 5.32 Å². The summed E-state index contributed by atoms with van der Waals surface area (Å²) in [6, 6.07) is 17.3. The zero-order chi connectivity index (χ0) is 27.2. The number of nitrogens with one attached hydrogen (secondary N) is 1. The second-order valence-corrected chi connectivity index (χ2v) is 9.46. The Hall–Kier alpha value is -4.44. The van der Waals surface area contributed by atoms with Crippen LogP contribution in [0.3, 0.4) is 0 Å². The summed E-state index contributed by atoms with van der Waals surface area (Å²) >= 11 is 0. The van der Waals surface area contributed by atoms with E-state index in [0.29, 0.717) is 22.7 Å². The van der Waals surface area contributed by atoms with Gasteiger partial charge in [-0.25, -0.2) is 4.98 Å². The minimum atomic E-state index is -4.62. The third kappa shape index (κ3) is 4.78. The van der Waals surface area contributed by atoms with Gasteiger partial charge in [0.2, 0.25) is 0 Å². The van der Waals surface area contributed by atoms with Gasteiger partial charge in [-0.3, -0.25) is 13.9 Å². The highest BCUT2D eigenvalue weighted by atomic mass is 19.4. The van der Waals surface area contributed by atoms with E-state index in [4.69, 9.17) is 4.98 Å². The first kappa shape index (κ1) is 25.2. The Labute approximate surface area is 216 Å². The number of pyridine rings is 1. The third-order valence-electron chi connectivity index (χ3n) is 6.19. The predicted molar refractivity (Wildman–Crippen MR) is 137 cm³/mol. The number of hydrogen-bond donors (Lipinski definition) is 2. The van der Waals surface area contributed by atoms with Gasteiger partial charge in [0.05, 0.1) is 16.9 Å². The standard InChI is InChI=1S/C28H24F3N5O2/c1-27(2,38)19-11-14-36-23(16-19)32-24(17-7-5-4-6-8-17)25(36)33-26(37)18-9-10-21(28(29,30)31)20(15-18)22-12-13-35(3)34-22/h4-16,38H,1-3H3,(H,33,37). The smallest absolute Gasteiger partial charge is 0.386 e. The SMILES string of the molecule is Cn1ccc(-c2cc(C(=O)Nc3c(-c4ccccc4)nc4cc(C(C)(C)O)ccn34)ccc2C(F)(F)F)n1. The Balaban J connectivity index is 1.60. The average molecular weight is 520 g/mol. The molecule has 3 aromatic heterocycles. The molecule has 0 bridgehead atoms. The van der Waals surface area contributed by atoms with E-state index in [1.165, 1.54) is 23.0 Å². The molecule has 0 spiro atoms. The van der Waals surface area contributed by atoms with E-state index in [1.807, 2.05) is 30.3 Å². The summed E-state index contributed by atoms with van der Waals surface area (Å²) in [6.45, 7) is 3.32. The van der Waals surface area contributed by atoms with Gasteiger partial charge in [0.1, 0.15) is 17.2 Å². The second kappa shape index (κ2) is 9.14. The normalized spacial score (nSPS) is 12.2. The number of aryl methyl sites for hydroxylation is 1. The Bertz CT molecular complexity index is 1650. The number of carbonyl (C=O) groups is 1. The van der Waals surface area contributed by atoms with Gasteiger partial charge in [-0.1, -0.05) is 30.3 Å². The van der Waals surface area contributed by atoms with Gasteiger partial charge in [0.25, 0.3) is 5.91 Å². The molecule has 0 aliphatic rings. The van der Waals surface area contributed by atoms with Crippen LogP contribution >= 0.6 is 0 Å². The molecule has 1 amide bonds. The number of aliphatic hydroxyl groups is 1. The summed E-state index contributed by atoms with van der Waals surface area (Å²) in [5.41, 5.74) is 0.284. The van der Waals surface area contributed by atoms with E-state index < -0.39 is 23.2 Å². The maximum atomic E-state index is 13.7. The highest BCUT2D eigenvalue weighted by Gasteiger charge is 2.35. The molecule has 0 saturated heterocycles. The van der Waals surface area contributed by atoms with Crippen LogP contribution in [0.1, 0.15) is 35.3 Å². The summed E-state index contributed by atoms with van der Waals surface area (Å²) in [4.78, 5) is 18.1. The largest absolute Gasteiger partial charge is 0.417 e. The molecule has 0 aliphatic heterocycles. The summed E-state index contributed by atoms with van der Waals surface area (Å²) in [6.07, 6.45) is -1.40. The summed E-state index contributed by atoms with van der Waals surface area (Å²) in [5, 5.41) is 17.4. The number of aromatic nitrogens is 4. The van der Waals surface area contributed by atoms with Gasteiger partial charge >= 0.3 is 6.18 Å². The predicted octanol–water partition coefficient (Wildman–Crippen LogP) is 5.90. The number of halogens is 3. The van der Waals surface area contributed by atoms with Crippen molar-refractivity contribution in [1.82, 2.24) is 19.2 Å². The summed E-state index contributed by atoms with van der Waals surface area (Å²) in [5.74, 6) is -0.265. The minimum absolute atomic E-state index is 0.0285. The van der Waals surface area contributed by atoms with E-state index in [9.17, 15) is 23.1 Å². The van der Waals surface area contributed by atoms with Crippen LogP contribution in [0.5, 0.6) is 0 Å². The third-order valence-corrected chi connectivity index (χ3v) is 6.19.